The van der Waals surface area contributed by atoms with Gasteiger partial charge >= 0.3 is 0 Å². The number of nitrogens with one attached hydrogen (secondary N) is 2. The van der Waals surface area contributed by atoms with E-state index in [1.165, 1.54) is 55.1 Å². The molecule has 2 atom stereocenters. The smallest absolute Gasteiger partial charge is 0.237 e. The molecule has 0 spiro atoms. The van der Waals surface area contributed by atoms with E-state index in [4.69, 9.17) is 0 Å². The Morgan fingerprint density at radius 3 is 2.61 bits per heavy atom. The highest BCUT2D eigenvalue weighted by molar-refractivity contribution is 8.01. The molecule has 0 aliphatic carbocycles. The number of sulfone groups is 1. The van der Waals surface area contributed by atoms with Gasteiger partial charge < -0.3 is 10.6 Å². The first-order valence-electron chi connectivity index (χ1n) is 8.56. The summed E-state index contributed by atoms with van der Waals surface area (Å²) in [4.78, 5) is 25.0. The molecule has 28 heavy (non-hydrogen) atoms. The van der Waals surface area contributed by atoms with Crippen molar-refractivity contribution < 1.29 is 22.4 Å². The second-order valence-corrected chi connectivity index (χ2v) is 10.0. The molecule has 148 valence electrons. The number of hydrogen-bond acceptors (Lipinski definition) is 5. The number of anilines is 2. The Hall–Kier alpha value is -2.39. The molecule has 1 aliphatic rings. The van der Waals surface area contributed by atoms with Gasteiger partial charge in [0.25, 0.3) is 0 Å². The molecule has 2 aromatic rings. The third kappa shape index (κ3) is 4.53. The lowest BCUT2D eigenvalue weighted by Gasteiger charge is -2.22. The first-order valence-corrected chi connectivity index (χ1v) is 11.1. The van der Waals surface area contributed by atoms with Crippen molar-refractivity contribution in [1.29, 1.82) is 0 Å². The fraction of sp³-hybridized carbons (Fsp3) is 0.263. The number of halogens is 1. The first kappa shape index (κ1) is 20.3. The highest BCUT2D eigenvalue weighted by Crippen LogP contribution is 2.37. The zero-order valence-electron chi connectivity index (χ0n) is 15.2. The molecule has 2 aromatic carbocycles. The van der Waals surface area contributed by atoms with Crippen LogP contribution in [0.2, 0.25) is 0 Å². The number of benzene rings is 2. The fourth-order valence-electron chi connectivity index (χ4n) is 2.68. The third-order valence-corrected chi connectivity index (χ3v) is 7.36. The molecule has 2 amide bonds. The molecule has 1 heterocycles. The van der Waals surface area contributed by atoms with Crippen molar-refractivity contribution in [3.63, 3.8) is 0 Å². The number of carbonyl (C=O) groups is 2. The summed E-state index contributed by atoms with van der Waals surface area (Å²) in [7, 11) is -3.75. The second-order valence-electron chi connectivity index (χ2n) is 6.59. The molecule has 0 unspecified atom stereocenters. The van der Waals surface area contributed by atoms with E-state index in [1.807, 2.05) is 0 Å². The maximum atomic E-state index is 12.9. The van der Waals surface area contributed by atoms with Gasteiger partial charge in [-0.25, -0.2) is 12.8 Å². The minimum atomic E-state index is -3.75. The molecule has 0 fully saturated rings. The summed E-state index contributed by atoms with van der Waals surface area (Å²) < 4.78 is 38.4. The Bertz CT molecular complexity index is 1020. The van der Waals surface area contributed by atoms with Crippen molar-refractivity contribution >= 4 is 44.8 Å². The van der Waals surface area contributed by atoms with Gasteiger partial charge in [0.1, 0.15) is 5.82 Å². The molecule has 0 saturated carbocycles. The summed E-state index contributed by atoms with van der Waals surface area (Å²) in [5.41, 5.74) is 0.843. The lowest BCUT2D eigenvalue weighted by Crippen LogP contribution is -2.28. The van der Waals surface area contributed by atoms with E-state index in [9.17, 15) is 22.4 Å². The molecule has 2 N–H and O–H groups in total. The van der Waals surface area contributed by atoms with E-state index in [1.54, 1.807) is 13.0 Å². The summed E-state index contributed by atoms with van der Waals surface area (Å²) in [6, 6.07) is 9.78. The summed E-state index contributed by atoms with van der Waals surface area (Å²) in [5.74, 6) is -2.31. The third-order valence-electron chi connectivity index (χ3n) is 4.27. The van der Waals surface area contributed by atoms with E-state index in [0.717, 1.165) is 4.90 Å². The molecular formula is C19H19FN2O4S2. The van der Waals surface area contributed by atoms with Crippen LogP contribution < -0.4 is 10.6 Å². The minimum absolute atomic E-state index is 0.0446. The average molecular weight is 423 g/mol. The quantitative estimate of drug-likeness (QED) is 0.771. The van der Waals surface area contributed by atoms with Crippen LogP contribution in [0.3, 0.4) is 0 Å². The predicted octanol–water partition coefficient (Wildman–Crippen LogP) is 3.31. The monoisotopic (exact) mass is 422 g/mol. The van der Waals surface area contributed by atoms with Crippen molar-refractivity contribution in [1.82, 2.24) is 0 Å². The maximum Gasteiger partial charge on any atom is 0.237 e. The Labute approximate surface area is 166 Å². The number of thioether (sulfide) groups is 1. The molecule has 3 rings (SSSR count). The van der Waals surface area contributed by atoms with Crippen LogP contribution in [-0.2, 0) is 19.4 Å². The lowest BCUT2D eigenvalue weighted by atomic mass is 10.2. The molecule has 0 bridgehead atoms. The SMILES string of the molecule is C[C@@H](CS(=O)(=O)c1ccc2c(c1)NC(=O)[C@@H](C)S2)C(=O)Nc1ccc(F)cc1. The molecule has 0 radical (unpaired) electrons. The maximum absolute atomic E-state index is 12.9. The Kier molecular flexibility index (Phi) is 5.76. The molecular weight excluding hydrogens is 403 g/mol. The number of fused-ring (bicyclic) bond motifs is 1. The molecule has 1 aliphatic heterocycles. The van der Waals surface area contributed by atoms with Gasteiger partial charge in [-0.1, -0.05) is 6.92 Å². The summed E-state index contributed by atoms with van der Waals surface area (Å²) in [5, 5.41) is 5.03. The fourth-order valence-corrected chi connectivity index (χ4v) is 5.19. The van der Waals surface area contributed by atoms with E-state index in [2.05, 4.69) is 10.6 Å². The summed E-state index contributed by atoms with van der Waals surface area (Å²) >= 11 is 1.36. The Morgan fingerprint density at radius 1 is 1.25 bits per heavy atom. The van der Waals surface area contributed by atoms with Crippen molar-refractivity contribution in [3.8, 4) is 0 Å². The van der Waals surface area contributed by atoms with E-state index >= 15 is 0 Å². The van der Waals surface area contributed by atoms with Gasteiger partial charge in [-0.15, -0.1) is 11.8 Å². The summed E-state index contributed by atoms with van der Waals surface area (Å²) in [6.07, 6.45) is 0. The van der Waals surface area contributed by atoms with Gasteiger partial charge in [0.15, 0.2) is 9.84 Å². The van der Waals surface area contributed by atoms with Gasteiger partial charge in [0, 0.05) is 16.5 Å². The predicted molar refractivity (Wildman–Crippen MR) is 107 cm³/mol. The van der Waals surface area contributed by atoms with Gasteiger partial charge in [-0.3, -0.25) is 9.59 Å². The normalized spacial score (nSPS) is 17.4. The highest BCUT2D eigenvalue weighted by atomic mass is 32.2. The van der Waals surface area contributed by atoms with Crippen LogP contribution in [0.15, 0.2) is 52.3 Å². The minimum Gasteiger partial charge on any atom is -0.326 e. The Morgan fingerprint density at radius 2 is 1.93 bits per heavy atom. The zero-order valence-corrected chi connectivity index (χ0v) is 16.9. The van der Waals surface area contributed by atoms with E-state index in [0.29, 0.717) is 11.4 Å². The van der Waals surface area contributed by atoms with Crippen molar-refractivity contribution in [2.45, 2.75) is 28.9 Å². The topological polar surface area (TPSA) is 92.3 Å². The van der Waals surface area contributed by atoms with Gasteiger partial charge in [-0.2, -0.15) is 0 Å². The highest BCUT2D eigenvalue weighted by Gasteiger charge is 2.27. The number of carbonyl (C=O) groups excluding carboxylic acids is 2. The molecule has 9 heteroatoms. The standard InChI is InChI=1S/C19H19FN2O4S2/c1-11(18(23)21-14-5-3-13(20)4-6-14)10-28(25,26)15-7-8-17-16(9-15)22-19(24)12(2)27-17/h3-9,11-12H,10H2,1-2H3,(H,21,23)(H,22,24)/t11-,12+/m0/s1. The largest absolute Gasteiger partial charge is 0.326 e. The second kappa shape index (κ2) is 7.92. The number of hydrogen-bond donors (Lipinski definition) is 2. The van der Waals surface area contributed by atoms with Gasteiger partial charge in [0.05, 0.1) is 21.6 Å². The molecule has 6 nitrogen and oxygen atoms in total. The van der Waals surface area contributed by atoms with Crippen LogP contribution in [0.25, 0.3) is 0 Å². The average Bonchev–Trinajstić information content (AvgIpc) is 2.63. The van der Waals surface area contributed by atoms with Crippen LogP contribution in [0, 0.1) is 11.7 Å². The van der Waals surface area contributed by atoms with Crippen molar-refractivity contribution in [2.24, 2.45) is 5.92 Å². The van der Waals surface area contributed by atoms with Crippen molar-refractivity contribution in [3.05, 3.63) is 48.3 Å². The molecule has 0 aromatic heterocycles. The van der Waals surface area contributed by atoms with Crippen LogP contribution in [-0.4, -0.2) is 31.2 Å². The zero-order chi connectivity index (χ0) is 20.5. The van der Waals surface area contributed by atoms with E-state index < -0.39 is 33.2 Å². The van der Waals surface area contributed by atoms with E-state index in [-0.39, 0.29) is 16.1 Å². The Balaban J connectivity index is 1.72. The number of rotatable bonds is 5. The molecule has 0 saturated heterocycles. The van der Waals surface area contributed by atoms with Crippen molar-refractivity contribution in [2.75, 3.05) is 16.4 Å². The van der Waals surface area contributed by atoms with Gasteiger partial charge in [-0.05, 0) is 49.4 Å². The lowest BCUT2D eigenvalue weighted by molar-refractivity contribution is -0.119. The van der Waals surface area contributed by atoms with Crippen LogP contribution in [0.5, 0.6) is 0 Å². The van der Waals surface area contributed by atoms with Gasteiger partial charge in [0.2, 0.25) is 11.8 Å². The first-order chi connectivity index (χ1) is 13.2. The number of amides is 2. The van der Waals surface area contributed by atoms with Crippen LogP contribution in [0.1, 0.15) is 13.8 Å². The summed E-state index contributed by atoms with van der Waals surface area (Å²) in [6.45, 7) is 3.28. The van der Waals surface area contributed by atoms with Crippen LogP contribution >= 0.6 is 11.8 Å². The van der Waals surface area contributed by atoms with Crippen LogP contribution in [0.4, 0.5) is 15.8 Å².